The first-order valence-corrected chi connectivity index (χ1v) is 5.17. The van der Waals surface area contributed by atoms with Gasteiger partial charge in [-0.05, 0) is 41.7 Å². The van der Waals surface area contributed by atoms with Crippen LogP contribution in [-0.4, -0.2) is 0 Å². The van der Waals surface area contributed by atoms with Gasteiger partial charge in [-0.2, -0.15) is 0 Å². The highest BCUT2D eigenvalue weighted by Crippen LogP contribution is 2.32. The molecule has 0 atom stereocenters. The van der Waals surface area contributed by atoms with Crippen molar-refractivity contribution in [3.05, 3.63) is 40.4 Å². The van der Waals surface area contributed by atoms with Crippen LogP contribution >= 0.6 is 11.6 Å². The van der Waals surface area contributed by atoms with Crippen LogP contribution in [0.15, 0.2) is 24.3 Å². The molecule has 0 fully saturated rings. The Morgan fingerprint density at radius 2 is 2.14 bits per heavy atom. The molecule has 0 saturated heterocycles. The molecule has 0 saturated carbocycles. The van der Waals surface area contributed by atoms with Crippen LogP contribution < -0.4 is 0 Å². The van der Waals surface area contributed by atoms with Gasteiger partial charge in [0.25, 0.3) is 0 Å². The van der Waals surface area contributed by atoms with Crippen molar-refractivity contribution in [2.24, 2.45) is 0 Å². The van der Waals surface area contributed by atoms with Gasteiger partial charge in [0, 0.05) is 5.02 Å². The maximum atomic E-state index is 5.96. The zero-order valence-corrected chi connectivity index (χ0v) is 8.97. The van der Waals surface area contributed by atoms with Gasteiger partial charge < -0.3 is 0 Å². The van der Waals surface area contributed by atoms with Gasteiger partial charge in [0.2, 0.25) is 0 Å². The third kappa shape index (κ3) is 1.98. The Hall–Kier alpha value is -0.820. The second kappa shape index (κ2) is 4.61. The number of hydrogen-bond acceptors (Lipinski definition) is 0. The summed E-state index contributed by atoms with van der Waals surface area (Å²) in [6.45, 7) is 2.21. The summed E-state index contributed by atoms with van der Waals surface area (Å²) in [6, 6.07) is 6.20. The van der Waals surface area contributed by atoms with E-state index < -0.39 is 0 Å². The minimum Gasteiger partial charge on any atom is -0.269 e. The zero-order valence-electron chi connectivity index (χ0n) is 8.22. The summed E-state index contributed by atoms with van der Waals surface area (Å²) in [6.07, 6.45) is 5.79. The van der Waals surface area contributed by atoms with Crippen molar-refractivity contribution in [3.63, 3.8) is 0 Å². The molecule has 1 aliphatic carbocycles. The molecule has 0 spiro atoms. The van der Waals surface area contributed by atoms with Crippen molar-refractivity contribution in [1.29, 1.82) is 0 Å². The second-order valence-electron chi connectivity index (χ2n) is 3.48. The maximum absolute atomic E-state index is 5.96. The molecule has 2 heteroatoms. The van der Waals surface area contributed by atoms with E-state index in [4.69, 9.17) is 11.6 Å². The second-order valence-corrected chi connectivity index (χ2v) is 3.92. The van der Waals surface area contributed by atoms with Gasteiger partial charge in [0.1, 0.15) is 0 Å². The summed E-state index contributed by atoms with van der Waals surface area (Å²) in [5.74, 6) is 0. The third-order valence-electron chi connectivity index (χ3n) is 2.51. The topological polar surface area (TPSA) is 0 Å². The van der Waals surface area contributed by atoms with Gasteiger partial charge in [0.15, 0.2) is 0 Å². The number of halogens is 2. The van der Waals surface area contributed by atoms with Gasteiger partial charge in [-0.25, -0.2) is 0 Å². The standard InChI is InChI=1S/C12H13Cl.FH/c1-2-3-9-4-5-10-6-7-11(13)8-12(9)10;/h4,6-8H,2-3,5H2,1H3;1H. The van der Waals surface area contributed by atoms with Gasteiger partial charge in [-0.1, -0.05) is 37.1 Å². The predicted molar refractivity (Wildman–Crippen MR) is 60.5 cm³/mol. The first-order chi connectivity index (χ1) is 6.31. The SMILES string of the molecule is CCCC1=CCc2ccc(Cl)cc21.F. The molecule has 0 bridgehead atoms. The van der Waals surface area contributed by atoms with E-state index in [0.717, 1.165) is 11.4 Å². The molecule has 0 amide bonds. The molecule has 76 valence electrons. The van der Waals surface area contributed by atoms with E-state index in [0.29, 0.717) is 0 Å². The lowest BCUT2D eigenvalue weighted by Crippen LogP contribution is -1.84. The largest absolute Gasteiger partial charge is 0.269 e. The summed E-state index contributed by atoms with van der Waals surface area (Å²) in [5.41, 5.74) is 4.27. The minimum atomic E-state index is 0. The summed E-state index contributed by atoms with van der Waals surface area (Å²) >= 11 is 5.96. The zero-order chi connectivity index (χ0) is 9.26. The molecule has 14 heavy (non-hydrogen) atoms. The molecule has 1 aromatic carbocycles. The van der Waals surface area contributed by atoms with Crippen LogP contribution in [0.3, 0.4) is 0 Å². The normalized spacial score (nSPS) is 13.1. The monoisotopic (exact) mass is 212 g/mol. The van der Waals surface area contributed by atoms with Crippen LogP contribution in [0, 0.1) is 0 Å². The highest BCUT2D eigenvalue weighted by molar-refractivity contribution is 6.30. The van der Waals surface area contributed by atoms with Crippen LogP contribution in [0.4, 0.5) is 4.70 Å². The molecular weight excluding hydrogens is 199 g/mol. The molecule has 0 radical (unpaired) electrons. The lowest BCUT2D eigenvalue weighted by Gasteiger charge is -2.04. The van der Waals surface area contributed by atoms with E-state index in [9.17, 15) is 0 Å². The summed E-state index contributed by atoms with van der Waals surface area (Å²) in [7, 11) is 0. The Labute approximate surface area is 89.0 Å². The lowest BCUT2D eigenvalue weighted by atomic mass is 10.0. The fourth-order valence-corrected chi connectivity index (χ4v) is 2.05. The fraction of sp³-hybridized carbons (Fsp3) is 0.333. The van der Waals surface area contributed by atoms with E-state index >= 15 is 0 Å². The van der Waals surface area contributed by atoms with Crippen LogP contribution in [0.1, 0.15) is 30.9 Å². The van der Waals surface area contributed by atoms with Crippen molar-refractivity contribution >= 4 is 17.2 Å². The Bertz CT molecular complexity index is 355. The molecule has 0 aromatic heterocycles. The quantitative estimate of drug-likeness (QED) is 0.688. The van der Waals surface area contributed by atoms with E-state index in [1.54, 1.807) is 0 Å². The molecular formula is C12H14ClF. The van der Waals surface area contributed by atoms with Crippen molar-refractivity contribution in [2.75, 3.05) is 0 Å². The van der Waals surface area contributed by atoms with Crippen molar-refractivity contribution in [2.45, 2.75) is 26.2 Å². The van der Waals surface area contributed by atoms with E-state index in [2.05, 4.69) is 25.1 Å². The average Bonchev–Trinajstić information content (AvgIpc) is 2.49. The molecule has 0 nitrogen and oxygen atoms in total. The van der Waals surface area contributed by atoms with Gasteiger partial charge in [-0.15, -0.1) is 0 Å². The van der Waals surface area contributed by atoms with Gasteiger partial charge in [0.05, 0.1) is 0 Å². The first-order valence-electron chi connectivity index (χ1n) is 4.79. The van der Waals surface area contributed by atoms with E-state index in [-0.39, 0.29) is 4.70 Å². The van der Waals surface area contributed by atoms with Crippen molar-refractivity contribution in [1.82, 2.24) is 0 Å². The Kier molecular flexibility index (Phi) is 3.70. The highest BCUT2D eigenvalue weighted by Gasteiger charge is 2.12. The highest BCUT2D eigenvalue weighted by atomic mass is 35.5. The minimum absolute atomic E-state index is 0. The Morgan fingerprint density at radius 3 is 2.86 bits per heavy atom. The molecule has 0 N–H and O–H groups in total. The number of fused-ring (bicyclic) bond motifs is 1. The van der Waals surface area contributed by atoms with Gasteiger partial charge in [-0.3, -0.25) is 4.70 Å². The van der Waals surface area contributed by atoms with Crippen LogP contribution in [-0.2, 0) is 6.42 Å². The Morgan fingerprint density at radius 1 is 1.36 bits per heavy atom. The van der Waals surface area contributed by atoms with Gasteiger partial charge >= 0.3 is 0 Å². The lowest BCUT2D eigenvalue weighted by molar-refractivity contribution is 0.975. The maximum Gasteiger partial charge on any atom is 0.0412 e. The number of hydrogen-bond donors (Lipinski definition) is 0. The Balaban J connectivity index is 0.000000980. The number of rotatable bonds is 2. The third-order valence-corrected chi connectivity index (χ3v) is 2.74. The van der Waals surface area contributed by atoms with Crippen LogP contribution in [0.25, 0.3) is 5.57 Å². The van der Waals surface area contributed by atoms with Crippen molar-refractivity contribution < 1.29 is 4.70 Å². The van der Waals surface area contributed by atoms with E-state index in [1.165, 1.54) is 29.5 Å². The van der Waals surface area contributed by atoms with Crippen LogP contribution in [0.5, 0.6) is 0 Å². The molecule has 1 aromatic rings. The molecule has 1 aliphatic rings. The van der Waals surface area contributed by atoms with E-state index in [1.807, 2.05) is 6.07 Å². The number of allylic oxidation sites excluding steroid dienone is 2. The average molecular weight is 213 g/mol. The molecule has 0 aliphatic heterocycles. The predicted octanol–water partition coefficient (Wildman–Crippen LogP) is 4.23. The van der Waals surface area contributed by atoms with Crippen LogP contribution in [0.2, 0.25) is 5.02 Å². The molecule has 0 heterocycles. The van der Waals surface area contributed by atoms with Crippen molar-refractivity contribution in [3.8, 4) is 0 Å². The summed E-state index contributed by atoms with van der Waals surface area (Å²) < 4.78 is 0. The fourth-order valence-electron chi connectivity index (χ4n) is 1.87. The molecule has 0 unspecified atom stereocenters. The smallest absolute Gasteiger partial charge is 0.0412 e. The summed E-state index contributed by atoms with van der Waals surface area (Å²) in [4.78, 5) is 0. The number of benzene rings is 1. The molecule has 2 rings (SSSR count). The first kappa shape index (κ1) is 11.3. The summed E-state index contributed by atoms with van der Waals surface area (Å²) in [5, 5.41) is 0.850.